The van der Waals surface area contributed by atoms with Crippen LogP contribution in [0.5, 0.6) is 5.75 Å². The minimum absolute atomic E-state index is 0.172. The number of hydrogen-bond acceptors (Lipinski definition) is 3. The number of hydrogen-bond donors (Lipinski definition) is 0. The first-order valence-electron chi connectivity index (χ1n) is 9.16. The van der Waals surface area contributed by atoms with Crippen LogP contribution in [0.2, 0.25) is 5.02 Å². The second-order valence-electron chi connectivity index (χ2n) is 6.72. The molecule has 5 heteroatoms. The summed E-state index contributed by atoms with van der Waals surface area (Å²) in [6.45, 7) is 2.01. The van der Waals surface area contributed by atoms with E-state index in [4.69, 9.17) is 16.3 Å². The molecule has 0 aromatic heterocycles. The van der Waals surface area contributed by atoms with Crippen molar-refractivity contribution in [3.63, 3.8) is 0 Å². The quantitative estimate of drug-likeness (QED) is 0.541. The Bertz CT molecular complexity index is 1100. The van der Waals surface area contributed by atoms with Gasteiger partial charge in [0.15, 0.2) is 0 Å². The number of rotatable bonds is 4. The van der Waals surface area contributed by atoms with Crippen LogP contribution in [-0.4, -0.2) is 18.9 Å². The maximum Gasteiger partial charge on any atom is 0.282 e. The lowest BCUT2D eigenvalue weighted by Gasteiger charge is -2.19. The van der Waals surface area contributed by atoms with Crippen LogP contribution in [0, 0.1) is 6.92 Å². The number of halogens is 1. The first kappa shape index (κ1) is 19.0. The molecule has 0 aliphatic carbocycles. The molecule has 0 saturated heterocycles. The van der Waals surface area contributed by atoms with Gasteiger partial charge < -0.3 is 4.74 Å². The van der Waals surface area contributed by atoms with Gasteiger partial charge in [0.05, 0.1) is 12.8 Å². The molecule has 1 aliphatic rings. The van der Waals surface area contributed by atoms with Crippen molar-refractivity contribution in [2.24, 2.45) is 4.99 Å². The molecule has 1 amide bonds. The van der Waals surface area contributed by atoms with Crippen LogP contribution in [-0.2, 0) is 4.79 Å². The minimum Gasteiger partial charge on any atom is -0.497 e. The molecule has 4 rings (SSSR count). The van der Waals surface area contributed by atoms with Crippen molar-refractivity contribution in [2.45, 2.75) is 6.92 Å². The van der Waals surface area contributed by atoms with E-state index in [2.05, 4.69) is 4.99 Å². The minimum atomic E-state index is -0.172. The number of anilines is 1. The zero-order valence-electron chi connectivity index (χ0n) is 16.1. The molecule has 3 aromatic carbocycles. The zero-order chi connectivity index (χ0) is 20.4. The second kappa shape index (κ2) is 7.94. The summed E-state index contributed by atoms with van der Waals surface area (Å²) in [4.78, 5) is 19.6. The van der Waals surface area contributed by atoms with Crippen LogP contribution in [0.25, 0.3) is 6.08 Å². The van der Waals surface area contributed by atoms with Crippen LogP contribution in [0.1, 0.15) is 16.7 Å². The van der Waals surface area contributed by atoms with E-state index >= 15 is 0 Å². The fourth-order valence-corrected chi connectivity index (χ4v) is 3.23. The molecular formula is C24H19ClN2O2. The summed E-state index contributed by atoms with van der Waals surface area (Å²) < 4.78 is 5.24. The SMILES string of the molecule is COc1ccc(C2=N/C(=C/c3ccc(Cl)cc3)C(=O)N2c2ccc(C)cc2)cc1. The summed E-state index contributed by atoms with van der Waals surface area (Å²) in [6.07, 6.45) is 1.77. The number of nitrogens with zero attached hydrogens (tertiary/aromatic N) is 2. The highest BCUT2D eigenvalue weighted by atomic mass is 35.5. The molecule has 0 fully saturated rings. The number of ether oxygens (including phenoxy) is 1. The van der Waals surface area contributed by atoms with Gasteiger partial charge in [-0.1, -0.05) is 41.4 Å². The summed E-state index contributed by atoms with van der Waals surface area (Å²) in [7, 11) is 1.62. The third-order valence-electron chi connectivity index (χ3n) is 4.67. The van der Waals surface area contributed by atoms with Crippen LogP contribution < -0.4 is 9.64 Å². The molecule has 3 aromatic rings. The van der Waals surface area contributed by atoms with E-state index in [1.54, 1.807) is 30.2 Å². The highest BCUT2D eigenvalue weighted by Gasteiger charge is 2.32. The number of carbonyl (C=O) groups excluding carboxylic acids is 1. The van der Waals surface area contributed by atoms with Crippen LogP contribution >= 0.6 is 11.6 Å². The Morgan fingerprint density at radius 1 is 0.931 bits per heavy atom. The predicted molar refractivity (Wildman–Crippen MR) is 118 cm³/mol. The highest BCUT2D eigenvalue weighted by Crippen LogP contribution is 2.29. The van der Waals surface area contributed by atoms with E-state index in [9.17, 15) is 4.79 Å². The lowest BCUT2D eigenvalue weighted by atomic mass is 10.1. The van der Waals surface area contributed by atoms with Gasteiger partial charge in [-0.3, -0.25) is 9.69 Å². The lowest BCUT2D eigenvalue weighted by Crippen LogP contribution is -2.32. The van der Waals surface area contributed by atoms with Gasteiger partial charge in [0.1, 0.15) is 17.3 Å². The number of methoxy groups -OCH3 is 1. The molecule has 29 heavy (non-hydrogen) atoms. The Balaban J connectivity index is 1.79. The third kappa shape index (κ3) is 3.93. The number of amidine groups is 1. The Hall–Kier alpha value is -3.37. The van der Waals surface area contributed by atoms with Crippen molar-refractivity contribution >= 4 is 35.1 Å². The number of aryl methyl sites for hydroxylation is 1. The fraction of sp³-hybridized carbons (Fsp3) is 0.0833. The average molecular weight is 403 g/mol. The predicted octanol–water partition coefficient (Wildman–Crippen LogP) is 5.49. The van der Waals surface area contributed by atoms with Gasteiger partial charge in [-0.25, -0.2) is 4.99 Å². The number of amides is 1. The molecule has 144 valence electrons. The van der Waals surface area contributed by atoms with Gasteiger partial charge >= 0.3 is 0 Å². The Labute approximate surface area is 174 Å². The Morgan fingerprint density at radius 3 is 2.21 bits per heavy atom. The summed E-state index contributed by atoms with van der Waals surface area (Å²) in [5.74, 6) is 1.16. The van der Waals surface area contributed by atoms with E-state index in [-0.39, 0.29) is 5.91 Å². The van der Waals surface area contributed by atoms with Crippen LogP contribution in [0.4, 0.5) is 5.69 Å². The van der Waals surface area contributed by atoms with E-state index in [0.717, 1.165) is 28.1 Å². The number of benzene rings is 3. The average Bonchev–Trinajstić information content (AvgIpc) is 3.06. The van der Waals surface area contributed by atoms with Gasteiger partial charge in [0.2, 0.25) is 0 Å². The van der Waals surface area contributed by atoms with Crippen molar-refractivity contribution in [2.75, 3.05) is 12.0 Å². The molecule has 0 N–H and O–H groups in total. The molecule has 1 aliphatic heterocycles. The Morgan fingerprint density at radius 2 is 1.59 bits per heavy atom. The van der Waals surface area contributed by atoms with Crippen molar-refractivity contribution in [1.82, 2.24) is 0 Å². The molecule has 1 heterocycles. The molecule has 0 atom stereocenters. The largest absolute Gasteiger partial charge is 0.497 e. The van der Waals surface area contributed by atoms with E-state index in [0.29, 0.717) is 16.6 Å². The van der Waals surface area contributed by atoms with Crippen molar-refractivity contribution in [3.8, 4) is 5.75 Å². The van der Waals surface area contributed by atoms with Crippen molar-refractivity contribution in [3.05, 3.63) is 100 Å². The summed E-state index contributed by atoms with van der Waals surface area (Å²) in [5.41, 5.74) is 3.97. The standard InChI is InChI=1S/C24H19ClN2O2/c1-16-3-11-20(12-4-16)27-23(18-7-13-21(29-2)14-8-18)26-22(24(27)28)15-17-5-9-19(25)10-6-17/h3-15H,1-2H3/b22-15+. The van der Waals surface area contributed by atoms with Gasteiger partial charge in [-0.2, -0.15) is 0 Å². The Kier molecular flexibility index (Phi) is 5.19. The monoisotopic (exact) mass is 402 g/mol. The van der Waals surface area contributed by atoms with Gasteiger partial charge in [-0.05, 0) is 67.1 Å². The first-order chi connectivity index (χ1) is 14.0. The molecule has 0 spiro atoms. The van der Waals surface area contributed by atoms with Crippen molar-refractivity contribution < 1.29 is 9.53 Å². The summed E-state index contributed by atoms with van der Waals surface area (Å²) in [6, 6.07) is 22.6. The second-order valence-corrected chi connectivity index (χ2v) is 7.16. The molecule has 0 radical (unpaired) electrons. The highest BCUT2D eigenvalue weighted by molar-refractivity contribution is 6.33. The van der Waals surface area contributed by atoms with Gasteiger partial charge in [0, 0.05) is 10.6 Å². The topological polar surface area (TPSA) is 41.9 Å². The maximum atomic E-state index is 13.3. The van der Waals surface area contributed by atoms with Gasteiger partial charge in [0.25, 0.3) is 5.91 Å². The van der Waals surface area contributed by atoms with E-state index < -0.39 is 0 Å². The van der Waals surface area contributed by atoms with Crippen molar-refractivity contribution in [1.29, 1.82) is 0 Å². The number of aliphatic imine (C=N–C) groups is 1. The van der Waals surface area contributed by atoms with E-state index in [1.165, 1.54) is 0 Å². The summed E-state index contributed by atoms with van der Waals surface area (Å²) in [5, 5.41) is 0.647. The third-order valence-corrected chi connectivity index (χ3v) is 4.93. The molecule has 4 nitrogen and oxygen atoms in total. The number of carbonyl (C=O) groups is 1. The zero-order valence-corrected chi connectivity index (χ0v) is 16.9. The fourth-order valence-electron chi connectivity index (χ4n) is 3.10. The lowest BCUT2D eigenvalue weighted by molar-refractivity contribution is -0.113. The van der Waals surface area contributed by atoms with E-state index in [1.807, 2.05) is 67.6 Å². The maximum absolute atomic E-state index is 13.3. The summed E-state index contributed by atoms with van der Waals surface area (Å²) >= 11 is 5.97. The van der Waals surface area contributed by atoms with Gasteiger partial charge in [-0.15, -0.1) is 0 Å². The molecular weight excluding hydrogens is 384 g/mol. The molecule has 0 saturated carbocycles. The molecule has 0 bridgehead atoms. The molecule has 0 unspecified atom stereocenters. The first-order valence-corrected chi connectivity index (χ1v) is 9.54. The van der Waals surface area contributed by atoms with Crippen LogP contribution in [0.15, 0.2) is 83.5 Å². The normalized spacial score (nSPS) is 15.0. The smallest absolute Gasteiger partial charge is 0.282 e. The van der Waals surface area contributed by atoms with Crippen LogP contribution in [0.3, 0.4) is 0 Å².